The number of rotatable bonds is 42. The van der Waals surface area contributed by atoms with Crippen LogP contribution in [-0.4, -0.2) is 191 Å². The van der Waals surface area contributed by atoms with Crippen molar-refractivity contribution < 1.29 is 68.4 Å². The maximum atomic E-state index is 14.8. The van der Waals surface area contributed by atoms with E-state index in [1.165, 1.54) is 24.3 Å². The molecular formula is C58H87N21O14. The van der Waals surface area contributed by atoms with Crippen molar-refractivity contribution in [1.29, 1.82) is 0 Å². The number of benzene rings is 3. The van der Waals surface area contributed by atoms with Crippen molar-refractivity contribution in [3.63, 3.8) is 0 Å². The van der Waals surface area contributed by atoms with E-state index in [4.69, 9.17) is 51.6 Å². The fourth-order valence-electron chi connectivity index (χ4n) is 8.94. The lowest BCUT2D eigenvalue weighted by atomic mass is 10.0. The van der Waals surface area contributed by atoms with E-state index < -0.39 is 127 Å². The van der Waals surface area contributed by atoms with Crippen molar-refractivity contribution in [1.82, 2.24) is 42.5 Å². The molecule has 0 bridgehead atoms. The van der Waals surface area contributed by atoms with E-state index in [0.29, 0.717) is 16.7 Å². The first-order chi connectivity index (χ1) is 44.1. The lowest BCUT2D eigenvalue weighted by molar-refractivity contribution is -0.143. The highest BCUT2D eigenvalue weighted by Gasteiger charge is 2.36. The van der Waals surface area contributed by atoms with Crippen LogP contribution in [0.4, 0.5) is 0 Å². The van der Waals surface area contributed by atoms with Gasteiger partial charge in [0.15, 0.2) is 23.8 Å². The molecule has 0 fully saturated rings. The molecule has 35 nitrogen and oxygen atoms in total. The maximum absolute atomic E-state index is 14.8. The Morgan fingerprint density at radius 1 is 0.366 bits per heavy atom. The fourth-order valence-corrected chi connectivity index (χ4v) is 8.94. The number of aliphatic carboxylic acids is 2. The molecule has 0 saturated carbocycles. The predicted octanol–water partition coefficient (Wildman–Crippen LogP) is -6.61. The molecule has 0 spiro atoms. The van der Waals surface area contributed by atoms with Crippen LogP contribution in [0.2, 0.25) is 0 Å². The first-order valence-corrected chi connectivity index (χ1v) is 29.5. The summed E-state index contributed by atoms with van der Waals surface area (Å²) in [5.74, 6) is -12.6. The molecule has 3 aromatic rings. The molecule has 3 aromatic carbocycles. The van der Waals surface area contributed by atoms with Gasteiger partial charge in [-0.2, -0.15) is 0 Å². The minimum Gasteiger partial charge on any atom is -0.508 e. The molecule has 0 heterocycles. The molecule has 0 aliphatic rings. The topological polar surface area (TPSA) is 631 Å². The van der Waals surface area contributed by atoms with Crippen LogP contribution in [-0.2, 0) is 67.2 Å². The highest BCUT2D eigenvalue weighted by Crippen LogP contribution is 2.15. The SMILES string of the molecule is NC(N)=NCCC[C@H](NC(=O)[C@H](CCCN=C(N)N)NC(=O)[C@H](Cc1ccc(O)cc1)NC(=O)[C@H](CCCN=C(N)N)NC(=O)[C@H](CCCN=C(N)N)NC(=O)[C@H](CO)NC(=O)[C@@H](N)Cc1ccccc1)C(=O)N[C@@H](CC(=O)O)C(=O)N[C@@H](Cc1ccccc1)C(=O)O. The number of aliphatic hydroxyl groups excluding tert-OH is 1. The van der Waals surface area contributed by atoms with E-state index in [1.54, 1.807) is 60.7 Å². The third kappa shape index (κ3) is 30.5. The molecule has 0 saturated heterocycles. The summed E-state index contributed by atoms with van der Waals surface area (Å²) in [6.07, 6.45) is -2.45. The van der Waals surface area contributed by atoms with Crippen molar-refractivity contribution in [2.75, 3.05) is 32.8 Å². The minimum absolute atomic E-state index is 0.0119. The second kappa shape index (κ2) is 40.7. The molecule has 3 rings (SSSR count). The molecule has 508 valence electrons. The highest BCUT2D eigenvalue weighted by molar-refractivity contribution is 5.99. The molecule has 0 aromatic heterocycles. The summed E-state index contributed by atoms with van der Waals surface area (Å²) < 4.78 is 0. The van der Waals surface area contributed by atoms with Crippen LogP contribution in [0, 0.1) is 0 Å². The van der Waals surface area contributed by atoms with Crippen molar-refractivity contribution in [3.05, 3.63) is 102 Å². The van der Waals surface area contributed by atoms with Gasteiger partial charge < -0.3 is 115 Å². The van der Waals surface area contributed by atoms with Crippen molar-refractivity contribution in [2.45, 2.75) is 131 Å². The van der Waals surface area contributed by atoms with Crippen LogP contribution < -0.4 is 94.1 Å². The summed E-state index contributed by atoms with van der Waals surface area (Å²) in [5, 5.41) is 60.0. The molecule has 35 heteroatoms. The number of phenolic OH excluding ortho intramolecular Hbond substituents is 1. The van der Waals surface area contributed by atoms with E-state index >= 15 is 0 Å². The van der Waals surface area contributed by atoms with Crippen LogP contribution in [0.1, 0.15) is 74.5 Å². The van der Waals surface area contributed by atoms with Gasteiger partial charge in [0.2, 0.25) is 47.3 Å². The number of carbonyl (C=O) groups is 10. The summed E-state index contributed by atoms with van der Waals surface area (Å²) >= 11 is 0. The smallest absolute Gasteiger partial charge is 0.326 e. The molecule has 93 heavy (non-hydrogen) atoms. The number of phenols is 1. The summed E-state index contributed by atoms with van der Waals surface area (Å²) in [7, 11) is 0. The number of carboxylic acids is 2. The van der Waals surface area contributed by atoms with Gasteiger partial charge in [0.1, 0.15) is 54.1 Å². The van der Waals surface area contributed by atoms with E-state index in [9.17, 15) is 68.4 Å². The number of nitrogens with two attached hydrogens (primary N) is 9. The number of nitrogens with one attached hydrogen (secondary N) is 8. The first kappa shape index (κ1) is 76.4. The average molecular weight is 1300 g/mol. The Bertz CT molecular complexity index is 3070. The largest absolute Gasteiger partial charge is 0.508 e. The Labute approximate surface area is 535 Å². The number of hydrogen-bond donors (Lipinski definition) is 21. The monoisotopic (exact) mass is 1300 g/mol. The molecule has 0 aliphatic carbocycles. The van der Waals surface area contributed by atoms with Gasteiger partial charge in [-0.05, 0) is 86.6 Å². The van der Waals surface area contributed by atoms with Crippen molar-refractivity contribution in [3.8, 4) is 5.75 Å². The number of carboxylic acid groups (broad SMARTS) is 2. The Morgan fingerprint density at radius 3 is 1.01 bits per heavy atom. The Kier molecular flexibility index (Phi) is 33.5. The van der Waals surface area contributed by atoms with Gasteiger partial charge in [0.25, 0.3) is 0 Å². The summed E-state index contributed by atoms with van der Waals surface area (Å²) in [6.45, 7) is -1.23. The van der Waals surface area contributed by atoms with E-state index in [0.717, 1.165) is 0 Å². The minimum atomic E-state index is -1.90. The van der Waals surface area contributed by atoms with Crippen molar-refractivity contribution in [2.24, 2.45) is 71.6 Å². The highest BCUT2D eigenvalue weighted by atomic mass is 16.4. The van der Waals surface area contributed by atoms with Crippen molar-refractivity contribution >= 4 is 83.0 Å². The number of amides is 8. The lowest BCUT2D eigenvalue weighted by Crippen LogP contribution is -2.61. The van der Waals surface area contributed by atoms with E-state index in [-0.39, 0.29) is 126 Å². The quantitative estimate of drug-likeness (QED) is 0.0142. The van der Waals surface area contributed by atoms with E-state index in [1.807, 2.05) is 0 Å². The molecular weight excluding hydrogens is 1210 g/mol. The number of nitrogens with zero attached hydrogens (tertiary/aromatic N) is 4. The zero-order valence-electron chi connectivity index (χ0n) is 51.2. The third-order valence-electron chi connectivity index (χ3n) is 13.7. The van der Waals surface area contributed by atoms with Crippen LogP contribution in [0.25, 0.3) is 0 Å². The number of aliphatic imine (C=N–C) groups is 4. The van der Waals surface area contributed by atoms with Crippen LogP contribution in [0.3, 0.4) is 0 Å². The number of hydrogen-bond acceptors (Lipinski definition) is 17. The molecule has 0 radical (unpaired) electrons. The van der Waals surface area contributed by atoms with Gasteiger partial charge >= 0.3 is 11.9 Å². The van der Waals surface area contributed by atoms with Gasteiger partial charge in [-0.3, -0.25) is 63.1 Å². The summed E-state index contributed by atoms with van der Waals surface area (Å²) in [5.41, 5.74) is 52.0. The molecule has 30 N–H and O–H groups in total. The Hall–Kier alpha value is -10.8. The maximum Gasteiger partial charge on any atom is 0.326 e. The number of aliphatic hydroxyl groups is 1. The lowest BCUT2D eigenvalue weighted by Gasteiger charge is -2.28. The zero-order chi connectivity index (χ0) is 69.0. The van der Waals surface area contributed by atoms with Gasteiger partial charge in [-0.1, -0.05) is 72.8 Å². The third-order valence-corrected chi connectivity index (χ3v) is 13.7. The van der Waals surface area contributed by atoms with Crippen LogP contribution in [0.15, 0.2) is 105 Å². The Balaban J connectivity index is 2.05. The fraction of sp³-hybridized carbons (Fsp3) is 0.448. The van der Waals surface area contributed by atoms with Crippen LogP contribution in [0.5, 0.6) is 5.75 Å². The van der Waals surface area contributed by atoms with Gasteiger partial charge in [-0.25, -0.2) is 4.79 Å². The summed E-state index contributed by atoms with van der Waals surface area (Å²) in [6, 6.07) is 8.13. The molecule has 0 unspecified atom stereocenters. The second-order valence-electron chi connectivity index (χ2n) is 21.3. The number of carbonyl (C=O) groups excluding carboxylic acids is 8. The normalized spacial score (nSPS) is 13.7. The summed E-state index contributed by atoms with van der Waals surface area (Å²) in [4.78, 5) is 154. The number of guanidine groups is 4. The first-order valence-electron chi connectivity index (χ1n) is 29.5. The van der Waals surface area contributed by atoms with Gasteiger partial charge in [-0.15, -0.1) is 0 Å². The van der Waals surface area contributed by atoms with Crippen LogP contribution >= 0.6 is 0 Å². The van der Waals surface area contributed by atoms with E-state index in [2.05, 4.69) is 62.5 Å². The molecule has 9 atom stereocenters. The average Bonchev–Trinajstić information content (AvgIpc) is 1.05. The Morgan fingerprint density at radius 2 is 0.656 bits per heavy atom. The molecule has 0 aliphatic heterocycles. The zero-order valence-corrected chi connectivity index (χ0v) is 51.2. The predicted molar refractivity (Wildman–Crippen MR) is 342 cm³/mol. The second-order valence-corrected chi connectivity index (χ2v) is 21.3. The standard InChI is InChI=1S/C58H87N21O14/c59-36(27-32-11-3-1-4-12-32)46(84)79-44(31-80)53(91)75-38(16-8-24-69-56(62)63)48(86)72-39(17-9-25-70-57(64)65)49(87)76-41(28-34-19-21-35(81)22-20-34)51(89)74-37(15-7-23-68-55(60)61)47(85)73-40(18-10-26-71-58(66)67)50(88)77-42(30-45(82)83)52(90)78-43(54(92)93)29-33-13-5-2-6-14-33/h1-6,11-14,19-22,36-44,80-81H,7-10,15-18,23-31,59H2,(H,72,86)(H,73,85)(H,74,89)(H,75,91)(H,76,87)(H,77,88)(H,78,90)(H,79,84)(H,82,83)(H,92,93)(H4,60,61,68)(H4,62,63,69)(H4,64,65,70)(H4,66,67,71)/t36-,37-,38-,39-,40-,41-,42-,43-,44-/m0/s1. The van der Waals surface area contributed by atoms with Gasteiger partial charge in [0, 0.05) is 39.0 Å². The number of aromatic hydroxyl groups is 1. The van der Waals surface area contributed by atoms with Gasteiger partial charge in [0.05, 0.1) is 19.1 Å². The molecule has 8 amide bonds.